The summed E-state index contributed by atoms with van der Waals surface area (Å²) in [6.45, 7) is 0. The van der Waals surface area contributed by atoms with Crippen molar-refractivity contribution in [3.8, 4) is 56.2 Å². The first-order valence-electron chi connectivity index (χ1n) is 16.6. The van der Waals surface area contributed by atoms with Crippen LogP contribution in [0.25, 0.3) is 98.3 Å². The molecule has 0 bridgehead atoms. The summed E-state index contributed by atoms with van der Waals surface area (Å²) in [5.74, 6) is 0.644. The molecule has 0 aliphatic heterocycles. The van der Waals surface area contributed by atoms with E-state index in [9.17, 15) is 0 Å². The van der Waals surface area contributed by atoms with Crippen molar-refractivity contribution in [3.05, 3.63) is 164 Å². The number of furan rings is 1. The standard InChI is InChI=1S/C45H27N3OS/c1-2-11-28(12-3-1)38-26-39(33-15-5-4-14-31(33)30-13-10-24-46-27-30)48-45(47-38)37-23-22-32(44-43(37)36-17-6-8-18-40(36)49-44)29-20-21-35-34-16-7-9-19-41(34)50-42(35)25-29/h1-27H. The molecular formula is C45H27N3OS. The van der Waals surface area contributed by atoms with E-state index in [4.69, 9.17) is 14.4 Å². The molecule has 4 aromatic heterocycles. The number of para-hydroxylation sites is 1. The highest BCUT2D eigenvalue weighted by Gasteiger charge is 2.21. The van der Waals surface area contributed by atoms with E-state index in [1.165, 1.54) is 20.2 Å². The number of rotatable bonds is 5. The Morgan fingerprint density at radius 3 is 2.06 bits per heavy atom. The van der Waals surface area contributed by atoms with Crippen molar-refractivity contribution in [2.24, 2.45) is 0 Å². The topological polar surface area (TPSA) is 51.8 Å². The molecule has 4 heterocycles. The van der Waals surface area contributed by atoms with Crippen LogP contribution in [0.15, 0.2) is 168 Å². The Bertz CT molecular complexity index is 2870. The molecule has 50 heavy (non-hydrogen) atoms. The van der Waals surface area contributed by atoms with Crippen molar-refractivity contribution < 1.29 is 4.42 Å². The zero-order valence-corrected chi connectivity index (χ0v) is 27.6. The van der Waals surface area contributed by atoms with Gasteiger partial charge in [-0.2, -0.15) is 0 Å². The zero-order valence-electron chi connectivity index (χ0n) is 26.7. The molecule has 10 aromatic rings. The number of pyridine rings is 1. The van der Waals surface area contributed by atoms with Gasteiger partial charge in [-0.15, -0.1) is 11.3 Å². The lowest BCUT2D eigenvalue weighted by Gasteiger charge is -2.14. The van der Waals surface area contributed by atoms with Crippen LogP contribution < -0.4 is 0 Å². The maximum absolute atomic E-state index is 6.72. The lowest BCUT2D eigenvalue weighted by atomic mass is 9.96. The summed E-state index contributed by atoms with van der Waals surface area (Å²) < 4.78 is 9.27. The summed E-state index contributed by atoms with van der Waals surface area (Å²) in [7, 11) is 0. The normalized spacial score (nSPS) is 11.6. The number of fused-ring (bicyclic) bond motifs is 6. The second kappa shape index (κ2) is 11.6. The number of benzene rings is 6. The second-order valence-electron chi connectivity index (χ2n) is 12.4. The summed E-state index contributed by atoms with van der Waals surface area (Å²) in [4.78, 5) is 15.0. The van der Waals surface area contributed by atoms with Crippen LogP contribution in [0.5, 0.6) is 0 Å². The van der Waals surface area contributed by atoms with Gasteiger partial charge in [0, 0.05) is 71.2 Å². The summed E-state index contributed by atoms with van der Waals surface area (Å²) >= 11 is 1.82. The Morgan fingerprint density at radius 2 is 1.18 bits per heavy atom. The highest BCUT2D eigenvalue weighted by molar-refractivity contribution is 7.25. The quantitative estimate of drug-likeness (QED) is 0.185. The number of nitrogens with zero attached hydrogens (tertiary/aromatic N) is 3. The van der Waals surface area contributed by atoms with Gasteiger partial charge in [0.05, 0.1) is 11.4 Å². The van der Waals surface area contributed by atoms with Crippen molar-refractivity contribution in [2.45, 2.75) is 0 Å². The van der Waals surface area contributed by atoms with E-state index in [-0.39, 0.29) is 0 Å². The molecule has 0 unspecified atom stereocenters. The molecule has 0 saturated heterocycles. The van der Waals surface area contributed by atoms with E-state index in [0.717, 1.165) is 72.3 Å². The van der Waals surface area contributed by atoms with Crippen LogP contribution in [0.4, 0.5) is 0 Å². The van der Waals surface area contributed by atoms with Crippen molar-refractivity contribution in [1.29, 1.82) is 0 Å². The van der Waals surface area contributed by atoms with Gasteiger partial charge in [-0.25, -0.2) is 9.97 Å². The van der Waals surface area contributed by atoms with Crippen LogP contribution in [0.3, 0.4) is 0 Å². The molecule has 0 aliphatic carbocycles. The van der Waals surface area contributed by atoms with Gasteiger partial charge in [-0.1, -0.05) is 109 Å². The Morgan fingerprint density at radius 1 is 0.460 bits per heavy atom. The highest BCUT2D eigenvalue weighted by Crippen LogP contribution is 2.44. The van der Waals surface area contributed by atoms with Gasteiger partial charge < -0.3 is 4.42 Å². The minimum absolute atomic E-state index is 0.644. The van der Waals surface area contributed by atoms with Crippen LogP contribution in [0.2, 0.25) is 0 Å². The molecule has 0 saturated carbocycles. The number of thiophene rings is 1. The summed E-state index contributed by atoms with van der Waals surface area (Å²) in [6.07, 6.45) is 3.70. The van der Waals surface area contributed by atoms with Crippen LogP contribution in [-0.4, -0.2) is 15.0 Å². The molecule has 0 aliphatic rings. The fraction of sp³-hybridized carbons (Fsp3) is 0. The molecule has 0 amide bonds. The smallest absolute Gasteiger partial charge is 0.161 e. The first-order chi connectivity index (χ1) is 24.8. The predicted molar refractivity (Wildman–Crippen MR) is 207 cm³/mol. The molecule has 234 valence electrons. The molecule has 0 N–H and O–H groups in total. The molecule has 0 radical (unpaired) electrons. The molecule has 0 fully saturated rings. The lowest BCUT2D eigenvalue weighted by molar-refractivity contribution is 0.670. The lowest BCUT2D eigenvalue weighted by Crippen LogP contribution is -1.98. The van der Waals surface area contributed by atoms with Gasteiger partial charge in [0.15, 0.2) is 5.82 Å². The minimum Gasteiger partial charge on any atom is -0.455 e. The third-order valence-corrected chi connectivity index (χ3v) is 10.6. The van der Waals surface area contributed by atoms with E-state index in [0.29, 0.717) is 5.82 Å². The third kappa shape index (κ3) is 4.71. The summed E-state index contributed by atoms with van der Waals surface area (Å²) in [5, 5.41) is 4.61. The Balaban J connectivity index is 1.22. The summed E-state index contributed by atoms with van der Waals surface area (Å²) in [5.41, 5.74) is 10.6. The Kier molecular flexibility index (Phi) is 6.64. The van der Waals surface area contributed by atoms with Gasteiger partial charge in [0.2, 0.25) is 0 Å². The van der Waals surface area contributed by atoms with Crippen LogP contribution in [0.1, 0.15) is 0 Å². The van der Waals surface area contributed by atoms with E-state index >= 15 is 0 Å². The Labute approximate surface area is 292 Å². The number of hydrogen-bond acceptors (Lipinski definition) is 5. The van der Waals surface area contributed by atoms with Crippen LogP contribution in [-0.2, 0) is 0 Å². The summed E-state index contributed by atoms with van der Waals surface area (Å²) in [6, 6.07) is 52.7. The molecule has 10 rings (SSSR count). The molecule has 6 aromatic carbocycles. The zero-order chi connectivity index (χ0) is 33.0. The largest absolute Gasteiger partial charge is 0.455 e. The van der Waals surface area contributed by atoms with Crippen molar-refractivity contribution in [2.75, 3.05) is 0 Å². The van der Waals surface area contributed by atoms with Gasteiger partial charge in [-0.3, -0.25) is 4.98 Å². The van der Waals surface area contributed by atoms with Gasteiger partial charge in [0.25, 0.3) is 0 Å². The average Bonchev–Trinajstić information content (AvgIpc) is 3.77. The van der Waals surface area contributed by atoms with Crippen molar-refractivity contribution in [1.82, 2.24) is 15.0 Å². The van der Waals surface area contributed by atoms with E-state index in [1.807, 2.05) is 53.9 Å². The molecule has 4 nitrogen and oxygen atoms in total. The third-order valence-electron chi connectivity index (χ3n) is 9.43. The molecule has 0 atom stereocenters. The number of aromatic nitrogens is 3. The van der Waals surface area contributed by atoms with Gasteiger partial charge >= 0.3 is 0 Å². The molecular weight excluding hydrogens is 631 g/mol. The van der Waals surface area contributed by atoms with Gasteiger partial charge in [0.1, 0.15) is 11.2 Å². The SMILES string of the molecule is c1ccc(-c2cc(-c3ccccc3-c3cccnc3)nc(-c3ccc(-c4ccc5c(c4)sc4ccccc45)c4oc5ccccc5c34)n2)cc1. The van der Waals surface area contributed by atoms with Crippen LogP contribution >= 0.6 is 11.3 Å². The van der Waals surface area contributed by atoms with Gasteiger partial charge in [-0.05, 0) is 53.6 Å². The minimum atomic E-state index is 0.644. The maximum atomic E-state index is 6.72. The first-order valence-corrected chi connectivity index (χ1v) is 17.4. The predicted octanol–water partition coefficient (Wildman–Crippen LogP) is 12.5. The van der Waals surface area contributed by atoms with E-state index < -0.39 is 0 Å². The molecule has 5 heteroatoms. The monoisotopic (exact) mass is 657 g/mol. The average molecular weight is 658 g/mol. The van der Waals surface area contributed by atoms with Crippen molar-refractivity contribution in [3.63, 3.8) is 0 Å². The molecule has 0 spiro atoms. The fourth-order valence-corrected chi connectivity index (χ4v) is 8.22. The van der Waals surface area contributed by atoms with E-state index in [2.05, 4.69) is 120 Å². The van der Waals surface area contributed by atoms with Crippen LogP contribution in [0, 0.1) is 0 Å². The highest BCUT2D eigenvalue weighted by atomic mass is 32.1. The van der Waals surface area contributed by atoms with E-state index in [1.54, 1.807) is 6.20 Å². The second-order valence-corrected chi connectivity index (χ2v) is 13.5. The Hall–Kier alpha value is -6.43. The van der Waals surface area contributed by atoms with Crippen molar-refractivity contribution >= 4 is 53.4 Å². The fourth-order valence-electron chi connectivity index (χ4n) is 7.08. The first kappa shape index (κ1) is 28.6. The number of hydrogen-bond donors (Lipinski definition) is 0. The maximum Gasteiger partial charge on any atom is 0.161 e.